The van der Waals surface area contributed by atoms with E-state index in [1.165, 1.54) is 0 Å². The number of urea groups is 1. The average molecular weight is 349 g/mol. The van der Waals surface area contributed by atoms with Gasteiger partial charge in [-0.05, 0) is 39.4 Å². The molecule has 0 fully saturated rings. The molecule has 0 aliphatic heterocycles. The van der Waals surface area contributed by atoms with Crippen molar-refractivity contribution in [1.29, 1.82) is 0 Å². The third kappa shape index (κ3) is 5.61. The molecule has 5 nitrogen and oxygen atoms in total. The topological polar surface area (TPSA) is 69.6 Å². The number of hydrogen-bond acceptors (Lipinski definition) is 3. The maximum atomic E-state index is 11.8. The van der Waals surface area contributed by atoms with Gasteiger partial charge in [-0.1, -0.05) is 6.92 Å². The van der Waals surface area contributed by atoms with Gasteiger partial charge in [0.15, 0.2) is 0 Å². The maximum Gasteiger partial charge on any atom is 0.317 e. The Morgan fingerprint density at radius 1 is 1.58 bits per heavy atom. The maximum absolute atomic E-state index is 11.8. The lowest BCUT2D eigenvalue weighted by atomic mass is 10.1. The van der Waals surface area contributed by atoms with Crippen molar-refractivity contribution in [3.8, 4) is 0 Å². The number of nitrogens with one attached hydrogen (secondary N) is 1. The lowest BCUT2D eigenvalue weighted by Crippen LogP contribution is -2.37. The van der Waals surface area contributed by atoms with Gasteiger partial charge in [0.25, 0.3) is 0 Å². The Balaban J connectivity index is 2.31. The van der Waals surface area contributed by atoms with Gasteiger partial charge in [0.2, 0.25) is 0 Å². The molecule has 1 aromatic rings. The van der Waals surface area contributed by atoms with Crippen LogP contribution < -0.4 is 5.32 Å². The number of nitrogens with zero attached hydrogens (tertiary/aromatic N) is 1. The smallest absolute Gasteiger partial charge is 0.317 e. The summed E-state index contributed by atoms with van der Waals surface area (Å²) in [6.45, 7) is 2.52. The molecule has 0 radical (unpaired) electrons. The third-order valence-electron chi connectivity index (χ3n) is 2.66. The molecule has 1 unspecified atom stereocenters. The van der Waals surface area contributed by atoms with Gasteiger partial charge in [0.1, 0.15) is 0 Å². The van der Waals surface area contributed by atoms with Gasteiger partial charge in [-0.15, -0.1) is 11.3 Å². The van der Waals surface area contributed by atoms with Crippen molar-refractivity contribution in [3.63, 3.8) is 0 Å². The van der Waals surface area contributed by atoms with E-state index in [-0.39, 0.29) is 6.03 Å². The Kier molecular flexibility index (Phi) is 6.30. The van der Waals surface area contributed by atoms with E-state index in [1.54, 1.807) is 30.2 Å². The number of rotatable bonds is 6. The van der Waals surface area contributed by atoms with Crippen molar-refractivity contribution >= 4 is 39.3 Å². The molecule has 0 aliphatic carbocycles. The largest absolute Gasteiger partial charge is 0.481 e. The van der Waals surface area contributed by atoms with E-state index in [9.17, 15) is 9.59 Å². The second-order valence-corrected chi connectivity index (χ2v) is 6.67. The molecule has 0 saturated heterocycles. The monoisotopic (exact) mass is 348 g/mol. The van der Waals surface area contributed by atoms with Gasteiger partial charge >= 0.3 is 12.0 Å². The summed E-state index contributed by atoms with van der Waals surface area (Å²) in [4.78, 5) is 24.0. The zero-order valence-corrected chi connectivity index (χ0v) is 13.3. The van der Waals surface area contributed by atoms with Crippen LogP contribution in [0.4, 0.5) is 4.79 Å². The van der Waals surface area contributed by atoms with Crippen molar-refractivity contribution in [1.82, 2.24) is 10.2 Å². The minimum atomic E-state index is -0.842. The fourth-order valence-corrected chi connectivity index (χ4v) is 2.63. The van der Waals surface area contributed by atoms with Crippen molar-refractivity contribution < 1.29 is 14.7 Å². The van der Waals surface area contributed by atoms with Crippen LogP contribution in [-0.2, 0) is 11.3 Å². The van der Waals surface area contributed by atoms with Crippen molar-refractivity contribution in [2.24, 2.45) is 5.92 Å². The van der Waals surface area contributed by atoms with Gasteiger partial charge < -0.3 is 15.3 Å². The number of carboxylic acids is 1. The number of halogens is 1. The predicted octanol–water partition coefficient (Wildman–Crippen LogP) is 2.76. The van der Waals surface area contributed by atoms with Crippen LogP contribution in [0.1, 0.15) is 18.9 Å². The van der Waals surface area contributed by atoms with Gasteiger partial charge in [0.05, 0.1) is 9.70 Å². The van der Waals surface area contributed by atoms with Gasteiger partial charge in [-0.2, -0.15) is 0 Å². The molecule has 19 heavy (non-hydrogen) atoms. The van der Waals surface area contributed by atoms with Crippen LogP contribution in [0.3, 0.4) is 0 Å². The van der Waals surface area contributed by atoms with Gasteiger partial charge in [0, 0.05) is 20.1 Å². The zero-order chi connectivity index (χ0) is 14.4. The average Bonchev–Trinajstić information content (AvgIpc) is 2.74. The van der Waals surface area contributed by atoms with Crippen molar-refractivity contribution in [2.75, 3.05) is 13.6 Å². The first-order valence-electron chi connectivity index (χ1n) is 5.85. The van der Waals surface area contributed by atoms with Crippen LogP contribution in [0, 0.1) is 5.92 Å². The number of carbonyl (C=O) groups excluding carboxylic acids is 1. The molecule has 0 spiro atoms. The quantitative estimate of drug-likeness (QED) is 0.830. The molecule has 7 heteroatoms. The van der Waals surface area contributed by atoms with Crippen LogP contribution in [0.25, 0.3) is 0 Å². The van der Waals surface area contributed by atoms with Crippen LogP contribution in [0.5, 0.6) is 0 Å². The molecule has 0 aliphatic rings. The first-order chi connectivity index (χ1) is 8.90. The van der Waals surface area contributed by atoms with Crippen LogP contribution in [-0.4, -0.2) is 35.6 Å². The lowest BCUT2D eigenvalue weighted by Gasteiger charge is -2.17. The second-order valence-electron chi connectivity index (χ2n) is 4.38. The van der Waals surface area contributed by atoms with Crippen LogP contribution >= 0.6 is 27.3 Å². The van der Waals surface area contributed by atoms with E-state index in [4.69, 9.17) is 5.11 Å². The van der Waals surface area contributed by atoms with Crippen LogP contribution in [0.15, 0.2) is 15.2 Å². The van der Waals surface area contributed by atoms with Crippen LogP contribution in [0.2, 0.25) is 0 Å². The highest BCUT2D eigenvalue weighted by molar-refractivity contribution is 9.11. The molecule has 0 saturated carbocycles. The summed E-state index contributed by atoms with van der Waals surface area (Å²) < 4.78 is 1.03. The number of amides is 2. The molecule has 1 heterocycles. The summed E-state index contributed by atoms with van der Waals surface area (Å²) in [6, 6.07) is 1.78. The van der Waals surface area contributed by atoms with E-state index in [0.717, 1.165) is 9.35 Å². The molecule has 0 bridgehead atoms. The van der Waals surface area contributed by atoms with Gasteiger partial charge in [-0.3, -0.25) is 4.79 Å². The fourth-order valence-electron chi connectivity index (χ4n) is 1.43. The summed E-state index contributed by atoms with van der Waals surface area (Å²) in [5.74, 6) is -1.29. The van der Waals surface area contributed by atoms with E-state index in [2.05, 4.69) is 21.2 Å². The van der Waals surface area contributed by atoms with E-state index >= 15 is 0 Å². The first-order valence-corrected chi connectivity index (χ1v) is 7.52. The highest BCUT2D eigenvalue weighted by Gasteiger charge is 2.13. The molecule has 1 aromatic heterocycles. The molecule has 1 rings (SSSR count). The van der Waals surface area contributed by atoms with Gasteiger partial charge in [-0.25, -0.2) is 4.79 Å². The molecule has 1 atom stereocenters. The third-order valence-corrected chi connectivity index (χ3v) is 4.22. The summed E-state index contributed by atoms with van der Waals surface area (Å²) in [5.41, 5.74) is 1.06. The molecular weight excluding hydrogens is 332 g/mol. The lowest BCUT2D eigenvalue weighted by molar-refractivity contribution is -0.141. The molecule has 2 N–H and O–H groups in total. The summed E-state index contributed by atoms with van der Waals surface area (Å²) in [5, 5.41) is 13.4. The van der Waals surface area contributed by atoms with Crippen molar-refractivity contribution in [3.05, 3.63) is 20.8 Å². The summed E-state index contributed by atoms with van der Waals surface area (Å²) >= 11 is 4.95. The zero-order valence-electron chi connectivity index (χ0n) is 10.9. The Hall–Kier alpha value is -1.08. The van der Waals surface area contributed by atoms with E-state index < -0.39 is 11.9 Å². The Morgan fingerprint density at radius 3 is 2.79 bits per heavy atom. The predicted molar refractivity (Wildman–Crippen MR) is 78.3 cm³/mol. The Morgan fingerprint density at radius 2 is 2.26 bits per heavy atom. The standard InChI is InChI=1S/C12H17BrN2O3S/c1-8(11(16)17)3-4-14-12(18)15(2)6-9-5-10(13)19-7-9/h5,7-8H,3-4,6H2,1-2H3,(H,14,18)(H,16,17). The highest BCUT2D eigenvalue weighted by Crippen LogP contribution is 2.21. The molecule has 2 amide bonds. The van der Waals surface area contributed by atoms with E-state index in [0.29, 0.717) is 19.5 Å². The second kappa shape index (κ2) is 7.49. The number of aliphatic carboxylic acids is 1. The first kappa shape index (κ1) is 16.0. The van der Waals surface area contributed by atoms with Crippen molar-refractivity contribution in [2.45, 2.75) is 19.9 Å². The summed E-state index contributed by atoms with van der Waals surface area (Å²) in [7, 11) is 1.71. The summed E-state index contributed by atoms with van der Waals surface area (Å²) in [6.07, 6.45) is 0.429. The molecular formula is C12H17BrN2O3S. The number of carboxylic acid groups (broad SMARTS) is 1. The SMILES string of the molecule is CC(CCNC(=O)N(C)Cc1csc(Br)c1)C(=O)O. The Labute approximate surface area is 124 Å². The fraction of sp³-hybridized carbons (Fsp3) is 0.500. The molecule has 0 aromatic carbocycles. The normalized spacial score (nSPS) is 11.9. The Bertz CT molecular complexity index is 450. The van der Waals surface area contributed by atoms with E-state index in [1.807, 2.05) is 11.4 Å². The number of carbonyl (C=O) groups is 2. The minimum Gasteiger partial charge on any atom is -0.481 e. The minimum absolute atomic E-state index is 0.195. The molecule has 106 valence electrons. The number of thiophene rings is 1. The highest BCUT2D eigenvalue weighted by atomic mass is 79.9. The number of hydrogen-bond donors (Lipinski definition) is 2.